The molecule has 0 amide bonds. The summed E-state index contributed by atoms with van der Waals surface area (Å²) >= 11 is 2.08. The predicted molar refractivity (Wildman–Crippen MR) is 82.4 cm³/mol. The highest BCUT2D eigenvalue weighted by Gasteiger charge is 2.22. The van der Waals surface area contributed by atoms with Crippen LogP contribution in [-0.2, 0) is 6.42 Å². The van der Waals surface area contributed by atoms with Crippen molar-refractivity contribution in [3.63, 3.8) is 0 Å². The van der Waals surface area contributed by atoms with Gasteiger partial charge in [-0.3, -0.25) is 0 Å². The number of benzene rings is 1. The van der Waals surface area contributed by atoms with Crippen molar-refractivity contribution in [1.29, 1.82) is 0 Å². The molecule has 0 spiro atoms. The van der Waals surface area contributed by atoms with Crippen molar-refractivity contribution in [2.45, 2.75) is 57.7 Å². The van der Waals surface area contributed by atoms with Crippen molar-refractivity contribution < 1.29 is 0 Å². The first-order valence-electron chi connectivity index (χ1n) is 7.02. The highest BCUT2D eigenvalue weighted by atomic mass is 32.2. The molecule has 0 saturated carbocycles. The van der Waals surface area contributed by atoms with E-state index >= 15 is 0 Å². The first kappa shape index (κ1) is 14.0. The summed E-state index contributed by atoms with van der Waals surface area (Å²) in [6, 6.07) is 4.88. The fourth-order valence-electron chi connectivity index (χ4n) is 3.00. The van der Waals surface area contributed by atoms with Crippen LogP contribution < -0.4 is 5.73 Å². The van der Waals surface area contributed by atoms with Crippen LogP contribution in [0.15, 0.2) is 12.1 Å². The standard InChI is InChI=1S/C16H25NS/c1-11-8-12(2)14(13(3)9-11)10-15(17)16-6-4-5-7-18-16/h8-9,15-16H,4-7,10,17H2,1-3H3. The molecule has 1 fully saturated rings. The zero-order valence-corrected chi connectivity index (χ0v) is 12.6. The first-order chi connectivity index (χ1) is 8.58. The van der Waals surface area contributed by atoms with Gasteiger partial charge in [0.05, 0.1) is 0 Å². The lowest BCUT2D eigenvalue weighted by Gasteiger charge is -2.28. The van der Waals surface area contributed by atoms with Crippen LogP contribution in [0.2, 0.25) is 0 Å². The van der Waals surface area contributed by atoms with Gasteiger partial charge in [0.25, 0.3) is 0 Å². The van der Waals surface area contributed by atoms with Gasteiger partial charge in [-0.05, 0) is 62.5 Å². The molecule has 0 bridgehead atoms. The van der Waals surface area contributed by atoms with Gasteiger partial charge < -0.3 is 5.73 Å². The molecule has 0 aromatic heterocycles. The van der Waals surface area contributed by atoms with E-state index in [-0.39, 0.29) is 0 Å². The van der Waals surface area contributed by atoms with Gasteiger partial charge in [-0.25, -0.2) is 0 Å². The van der Waals surface area contributed by atoms with Gasteiger partial charge in [-0.1, -0.05) is 24.1 Å². The number of thioether (sulfide) groups is 1. The molecule has 1 saturated heterocycles. The minimum absolute atomic E-state index is 0.315. The molecule has 1 aromatic rings. The van der Waals surface area contributed by atoms with Crippen LogP contribution >= 0.6 is 11.8 Å². The first-order valence-corrected chi connectivity index (χ1v) is 8.06. The quantitative estimate of drug-likeness (QED) is 0.898. The van der Waals surface area contributed by atoms with Crippen molar-refractivity contribution >= 4 is 11.8 Å². The number of hydrogen-bond donors (Lipinski definition) is 1. The molecule has 100 valence electrons. The maximum Gasteiger partial charge on any atom is 0.0202 e. The lowest BCUT2D eigenvalue weighted by atomic mass is 9.92. The zero-order chi connectivity index (χ0) is 13.1. The average molecular weight is 263 g/mol. The molecule has 1 aliphatic heterocycles. The van der Waals surface area contributed by atoms with E-state index in [0.29, 0.717) is 11.3 Å². The third-order valence-electron chi connectivity index (χ3n) is 3.97. The van der Waals surface area contributed by atoms with Crippen LogP contribution in [0.25, 0.3) is 0 Å². The predicted octanol–water partition coefficient (Wildman–Crippen LogP) is 3.77. The molecule has 0 aliphatic carbocycles. The Kier molecular flexibility index (Phi) is 4.74. The van der Waals surface area contributed by atoms with Gasteiger partial charge in [0.15, 0.2) is 0 Å². The second kappa shape index (κ2) is 6.12. The monoisotopic (exact) mass is 263 g/mol. The molecular formula is C16H25NS. The van der Waals surface area contributed by atoms with Crippen LogP contribution in [0.3, 0.4) is 0 Å². The SMILES string of the molecule is Cc1cc(C)c(CC(N)C2CCCCS2)c(C)c1. The summed E-state index contributed by atoms with van der Waals surface area (Å²) in [4.78, 5) is 0. The maximum absolute atomic E-state index is 6.44. The van der Waals surface area contributed by atoms with Crippen molar-refractivity contribution in [2.24, 2.45) is 5.73 Å². The highest BCUT2D eigenvalue weighted by Crippen LogP contribution is 2.29. The van der Waals surface area contributed by atoms with E-state index in [1.54, 1.807) is 0 Å². The third-order valence-corrected chi connectivity index (χ3v) is 5.51. The fraction of sp³-hybridized carbons (Fsp3) is 0.625. The summed E-state index contributed by atoms with van der Waals surface area (Å²) in [7, 11) is 0. The highest BCUT2D eigenvalue weighted by molar-refractivity contribution is 8.00. The summed E-state index contributed by atoms with van der Waals surface area (Å²) in [5.41, 5.74) is 12.1. The van der Waals surface area contributed by atoms with E-state index in [4.69, 9.17) is 5.73 Å². The molecule has 18 heavy (non-hydrogen) atoms. The molecule has 0 radical (unpaired) electrons. The summed E-state index contributed by atoms with van der Waals surface area (Å²) in [5, 5.41) is 0.666. The Labute approximate surface area is 116 Å². The largest absolute Gasteiger partial charge is 0.326 e. The molecule has 2 unspecified atom stereocenters. The number of nitrogens with two attached hydrogens (primary N) is 1. The van der Waals surface area contributed by atoms with Gasteiger partial charge in [0, 0.05) is 11.3 Å². The molecule has 2 atom stereocenters. The van der Waals surface area contributed by atoms with Crippen molar-refractivity contribution in [2.75, 3.05) is 5.75 Å². The second-order valence-corrected chi connectivity index (χ2v) is 7.00. The van der Waals surface area contributed by atoms with Gasteiger partial charge in [0.2, 0.25) is 0 Å². The van der Waals surface area contributed by atoms with E-state index in [9.17, 15) is 0 Å². The van der Waals surface area contributed by atoms with Gasteiger partial charge in [-0.15, -0.1) is 0 Å². The Hall–Kier alpha value is -0.470. The van der Waals surface area contributed by atoms with Gasteiger partial charge in [-0.2, -0.15) is 11.8 Å². The van der Waals surface area contributed by atoms with Crippen LogP contribution in [0.4, 0.5) is 0 Å². The van der Waals surface area contributed by atoms with Crippen molar-refractivity contribution in [3.05, 3.63) is 34.4 Å². The summed E-state index contributed by atoms with van der Waals surface area (Å²) in [5.74, 6) is 1.30. The molecular weight excluding hydrogens is 238 g/mol. The number of aryl methyl sites for hydroxylation is 3. The van der Waals surface area contributed by atoms with E-state index < -0.39 is 0 Å². The van der Waals surface area contributed by atoms with E-state index in [2.05, 4.69) is 44.7 Å². The Bertz CT molecular complexity index is 385. The Morgan fingerprint density at radius 2 is 1.89 bits per heavy atom. The topological polar surface area (TPSA) is 26.0 Å². The molecule has 1 aliphatic rings. The minimum Gasteiger partial charge on any atom is -0.326 e. The molecule has 2 rings (SSSR count). The second-order valence-electron chi connectivity index (χ2n) is 5.65. The third kappa shape index (κ3) is 3.30. The van der Waals surface area contributed by atoms with E-state index in [1.807, 2.05) is 0 Å². The zero-order valence-electron chi connectivity index (χ0n) is 11.8. The fourth-order valence-corrected chi connectivity index (χ4v) is 4.35. The van der Waals surface area contributed by atoms with Crippen LogP contribution in [-0.4, -0.2) is 17.0 Å². The van der Waals surface area contributed by atoms with Crippen LogP contribution in [0.5, 0.6) is 0 Å². The molecule has 1 aromatic carbocycles. The summed E-state index contributed by atoms with van der Waals surface area (Å²) in [6.07, 6.45) is 5.07. The number of hydrogen-bond acceptors (Lipinski definition) is 2. The normalized spacial score (nSPS) is 21.9. The molecule has 1 nitrogen and oxygen atoms in total. The molecule has 1 heterocycles. The van der Waals surface area contributed by atoms with Crippen LogP contribution in [0.1, 0.15) is 41.5 Å². The Morgan fingerprint density at radius 1 is 1.22 bits per heavy atom. The van der Waals surface area contributed by atoms with E-state index in [1.165, 1.54) is 47.3 Å². The molecule has 2 N–H and O–H groups in total. The smallest absolute Gasteiger partial charge is 0.0202 e. The maximum atomic E-state index is 6.44. The lowest BCUT2D eigenvalue weighted by molar-refractivity contribution is 0.558. The molecule has 2 heteroatoms. The summed E-state index contributed by atoms with van der Waals surface area (Å²) in [6.45, 7) is 6.60. The number of rotatable bonds is 3. The summed E-state index contributed by atoms with van der Waals surface area (Å²) < 4.78 is 0. The average Bonchev–Trinajstić information content (AvgIpc) is 2.34. The van der Waals surface area contributed by atoms with Crippen LogP contribution in [0, 0.1) is 20.8 Å². The van der Waals surface area contributed by atoms with Crippen molar-refractivity contribution in [1.82, 2.24) is 0 Å². The van der Waals surface area contributed by atoms with Gasteiger partial charge >= 0.3 is 0 Å². The van der Waals surface area contributed by atoms with E-state index in [0.717, 1.165) is 6.42 Å². The van der Waals surface area contributed by atoms with Crippen molar-refractivity contribution in [3.8, 4) is 0 Å². The van der Waals surface area contributed by atoms with Gasteiger partial charge in [0.1, 0.15) is 0 Å². The lowest BCUT2D eigenvalue weighted by Crippen LogP contribution is -2.36. The minimum atomic E-state index is 0.315. The Morgan fingerprint density at radius 3 is 2.44 bits per heavy atom. The Balaban J connectivity index is 2.08.